The van der Waals surface area contributed by atoms with Crippen LogP contribution in [0.2, 0.25) is 0 Å². The lowest BCUT2D eigenvalue weighted by Crippen LogP contribution is -2.09. The van der Waals surface area contributed by atoms with Crippen molar-refractivity contribution in [3.05, 3.63) is 59.2 Å². The smallest absolute Gasteiger partial charge is 0.343 e. The molecule has 1 saturated heterocycles. The molecule has 0 unspecified atom stereocenters. The minimum Gasteiger partial charge on any atom is -0.493 e. The van der Waals surface area contributed by atoms with Gasteiger partial charge in [0.2, 0.25) is 0 Å². The molecule has 0 bridgehead atoms. The van der Waals surface area contributed by atoms with E-state index in [-0.39, 0.29) is 5.97 Å². The summed E-state index contributed by atoms with van der Waals surface area (Å²) >= 11 is 3.87. The molecule has 0 N–H and O–H groups in total. The van der Waals surface area contributed by atoms with Crippen molar-refractivity contribution in [3.8, 4) is 11.5 Å². The monoisotopic (exact) mass is 346 g/mol. The van der Waals surface area contributed by atoms with Gasteiger partial charge in [0.05, 0.1) is 17.3 Å². The van der Waals surface area contributed by atoms with Crippen LogP contribution in [-0.2, 0) is 0 Å². The molecule has 1 heterocycles. The second-order valence-electron chi connectivity index (χ2n) is 5.24. The van der Waals surface area contributed by atoms with Gasteiger partial charge >= 0.3 is 5.97 Å². The molecule has 0 atom stereocenters. The van der Waals surface area contributed by atoms with Gasteiger partial charge in [-0.1, -0.05) is 23.8 Å². The fourth-order valence-electron chi connectivity index (χ4n) is 2.40. The summed E-state index contributed by atoms with van der Waals surface area (Å²) in [5, 5.41) is 0. The first kappa shape index (κ1) is 16.3. The molecule has 120 valence electrons. The molecule has 0 aliphatic carbocycles. The molecule has 2 aromatic rings. The van der Waals surface area contributed by atoms with Gasteiger partial charge in [-0.05, 0) is 36.8 Å². The zero-order valence-electron chi connectivity index (χ0n) is 13.1. The lowest BCUT2D eigenvalue weighted by atomic mass is 10.1. The molecule has 23 heavy (non-hydrogen) atoms. The molecule has 1 aliphatic heterocycles. The number of esters is 1. The maximum absolute atomic E-state index is 12.3. The summed E-state index contributed by atoms with van der Waals surface area (Å²) in [5.74, 6) is 3.01. The molecule has 1 fully saturated rings. The first-order chi connectivity index (χ1) is 11.2. The molecule has 0 spiro atoms. The maximum Gasteiger partial charge on any atom is 0.343 e. The summed E-state index contributed by atoms with van der Waals surface area (Å²) in [4.78, 5) is 12.3. The van der Waals surface area contributed by atoms with E-state index in [1.54, 1.807) is 13.2 Å². The summed E-state index contributed by atoms with van der Waals surface area (Å²) in [6, 6.07) is 13.2. The van der Waals surface area contributed by atoms with Gasteiger partial charge in [0, 0.05) is 11.5 Å². The zero-order chi connectivity index (χ0) is 16.2. The van der Waals surface area contributed by atoms with Crippen molar-refractivity contribution in [2.24, 2.45) is 0 Å². The van der Waals surface area contributed by atoms with Gasteiger partial charge < -0.3 is 9.47 Å². The van der Waals surface area contributed by atoms with Crippen molar-refractivity contribution in [2.75, 3.05) is 18.6 Å². The van der Waals surface area contributed by atoms with Gasteiger partial charge in [-0.2, -0.15) is 0 Å². The quantitative estimate of drug-likeness (QED) is 0.592. The molecule has 3 nitrogen and oxygen atoms in total. The molecule has 5 heteroatoms. The van der Waals surface area contributed by atoms with Gasteiger partial charge in [-0.3, -0.25) is 0 Å². The number of carbonyl (C=O) groups excluding carboxylic acids is 1. The highest BCUT2D eigenvalue weighted by atomic mass is 32.2. The number of rotatable bonds is 4. The molecule has 0 saturated carbocycles. The van der Waals surface area contributed by atoms with Crippen molar-refractivity contribution >= 4 is 29.5 Å². The predicted molar refractivity (Wildman–Crippen MR) is 96.8 cm³/mol. The average molecular weight is 346 g/mol. The Kier molecular flexibility index (Phi) is 5.18. The number of carbonyl (C=O) groups is 1. The topological polar surface area (TPSA) is 35.5 Å². The predicted octanol–water partition coefficient (Wildman–Crippen LogP) is 4.70. The van der Waals surface area contributed by atoms with Crippen LogP contribution in [0.3, 0.4) is 0 Å². The number of hydrogen-bond acceptors (Lipinski definition) is 5. The lowest BCUT2D eigenvalue weighted by molar-refractivity contribution is 0.0729. The van der Waals surface area contributed by atoms with Crippen LogP contribution in [0.25, 0.3) is 0 Å². The number of ether oxygens (including phenoxy) is 2. The third-order valence-electron chi connectivity index (χ3n) is 3.54. The van der Waals surface area contributed by atoms with Crippen LogP contribution in [0.5, 0.6) is 11.5 Å². The Morgan fingerprint density at radius 2 is 1.87 bits per heavy atom. The summed E-state index contributed by atoms with van der Waals surface area (Å²) < 4.78 is 11.4. The Morgan fingerprint density at radius 3 is 2.57 bits per heavy atom. The molecule has 1 aliphatic rings. The Bertz CT molecular complexity index is 709. The Labute approximate surface area is 144 Å². The van der Waals surface area contributed by atoms with Gasteiger partial charge in [0.25, 0.3) is 0 Å². The number of hydrogen-bond donors (Lipinski definition) is 0. The third-order valence-corrected chi connectivity index (χ3v) is 6.64. The van der Waals surface area contributed by atoms with Gasteiger partial charge in [-0.15, -0.1) is 23.5 Å². The SMILES string of the molecule is COc1cc(C2SCCS2)ccc1OC(=O)c1cccc(C)c1. The molecular weight excluding hydrogens is 328 g/mol. The van der Waals surface area contributed by atoms with Crippen LogP contribution in [0.15, 0.2) is 42.5 Å². The summed E-state index contributed by atoms with van der Waals surface area (Å²) in [6.45, 7) is 1.95. The standard InChI is InChI=1S/C18H18O3S2/c1-12-4-3-5-13(10-12)17(19)21-15-7-6-14(11-16(15)20-2)18-22-8-9-23-18/h3-7,10-11,18H,8-9H2,1-2H3. The van der Waals surface area contributed by atoms with E-state index in [1.165, 1.54) is 17.1 Å². The zero-order valence-corrected chi connectivity index (χ0v) is 14.7. The van der Waals surface area contributed by atoms with Crippen LogP contribution in [-0.4, -0.2) is 24.6 Å². The van der Waals surface area contributed by atoms with Crippen molar-refractivity contribution < 1.29 is 14.3 Å². The van der Waals surface area contributed by atoms with E-state index < -0.39 is 0 Å². The van der Waals surface area contributed by atoms with Crippen LogP contribution in [0, 0.1) is 6.92 Å². The fraction of sp³-hybridized carbons (Fsp3) is 0.278. The molecular formula is C18H18O3S2. The van der Waals surface area contributed by atoms with Crippen molar-refractivity contribution in [1.82, 2.24) is 0 Å². The minimum absolute atomic E-state index is 0.371. The highest BCUT2D eigenvalue weighted by molar-refractivity contribution is 8.19. The van der Waals surface area contributed by atoms with Gasteiger partial charge in [0.1, 0.15) is 0 Å². The highest BCUT2D eigenvalue weighted by Gasteiger charge is 2.20. The highest BCUT2D eigenvalue weighted by Crippen LogP contribution is 2.46. The summed E-state index contributed by atoms with van der Waals surface area (Å²) in [6.07, 6.45) is 0. The van der Waals surface area contributed by atoms with E-state index in [0.717, 1.165) is 5.56 Å². The van der Waals surface area contributed by atoms with Crippen molar-refractivity contribution in [1.29, 1.82) is 0 Å². The Morgan fingerprint density at radius 1 is 1.09 bits per heavy atom. The van der Waals surface area contributed by atoms with Crippen LogP contribution in [0.1, 0.15) is 26.1 Å². The van der Waals surface area contributed by atoms with E-state index in [1.807, 2.05) is 66.8 Å². The van der Waals surface area contributed by atoms with Crippen molar-refractivity contribution in [3.63, 3.8) is 0 Å². The molecule has 0 radical (unpaired) electrons. The van der Waals surface area contributed by atoms with E-state index in [9.17, 15) is 4.79 Å². The van der Waals surface area contributed by atoms with Crippen LogP contribution in [0.4, 0.5) is 0 Å². The molecule has 0 aromatic heterocycles. The number of thioether (sulfide) groups is 2. The first-order valence-electron chi connectivity index (χ1n) is 7.37. The number of aryl methyl sites for hydroxylation is 1. The second-order valence-corrected chi connectivity index (χ2v) is 7.97. The molecule has 0 amide bonds. The minimum atomic E-state index is -0.371. The van der Waals surface area contributed by atoms with Gasteiger partial charge in [0.15, 0.2) is 11.5 Å². The first-order valence-corrected chi connectivity index (χ1v) is 9.47. The largest absolute Gasteiger partial charge is 0.493 e. The Hall–Kier alpha value is -1.59. The van der Waals surface area contributed by atoms with E-state index in [4.69, 9.17) is 9.47 Å². The summed E-state index contributed by atoms with van der Waals surface area (Å²) in [5.41, 5.74) is 2.76. The van der Waals surface area contributed by atoms with E-state index in [2.05, 4.69) is 0 Å². The Balaban J connectivity index is 1.80. The maximum atomic E-state index is 12.3. The second kappa shape index (κ2) is 7.32. The molecule has 3 rings (SSSR count). The van der Waals surface area contributed by atoms with Crippen LogP contribution < -0.4 is 9.47 Å². The van der Waals surface area contributed by atoms with Crippen molar-refractivity contribution in [2.45, 2.75) is 11.5 Å². The normalized spacial score (nSPS) is 14.7. The summed E-state index contributed by atoms with van der Waals surface area (Å²) in [7, 11) is 1.60. The average Bonchev–Trinajstić information content (AvgIpc) is 3.09. The lowest BCUT2D eigenvalue weighted by Gasteiger charge is -2.13. The fourth-order valence-corrected chi connectivity index (χ4v) is 5.24. The third kappa shape index (κ3) is 3.85. The van der Waals surface area contributed by atoms with E-state index >= 15 is 0 Å². The molecule has 2 aromatic carbocycles. The van der Waals surface area contributed by atoms with Gasteiger partial charge in [-0.25, -0.2) is 4.79 Å². The number of methoxy groups -OCH3 is 1. The van der Waals surface area contributed by atoms with E-state index in [0.29, 0.717) is 21.6 Å². The van der Waals surface area contributed by atoms with Crippen LogP contribution >= 0.6 is 23.5 Å². The number of benzene rings is 2.